The van der Waals surface area contributed by atoms with Gasteiger partial charge in [-0.1, -0.05) is 78.9 Å². The molecule has 4 rings (SSSR count). The molecule has 0 fully saturated rings. The molecule has 0 bridgehead atoms. The molecule has 1 N–H and O–H groups in total. The molecule has 0 amide bonds. The molecule has 1 aromatic heterocycles. The number of nitrogens with one attached hydrogen (secondary N) is 1. The van der Waals surface area contributed by atoms with Crippen LogP contribution in [0.3, 0.4) is 0 Å². The maximum Gasteiger partial charge on any atom is 0.352 e. The van der Waals surface area contributed by atoms with Gasteiger partial charge in [-0.15, -0.1) is 0 Å². The van der Waals surface area contributed by atoms with Crippen molar-refractivity contribution in [3.8, 4) is 16.9 Å². The highest BCUT2D eigenvalue weighted by Crippen LogP contribution is 2.60. The Morgan fingerprint density at radius 3 is 2.00 bits per heavy atom. The second-order valence-corrected chi connectivity index (χ2v) is 9.84. The molecule has 34 heavy (non-hydrogen) atoms. The molecule has 6 nitrogen and oxygen atoms in total. The summed E-state index contributed by atoms with van der Waals surface area (Å²) in [5, 5.41) is 8.38. The molecule has 0 aliphatic rings. The third-order valence-electron chi connectivity index (χ3n) is 5.38. The lowest BCUT2D eigenvalue weighted by molar-refractivity contribution is 0.207. The molecule has 0 saturated carbocycles. The molecule has 0 aliphatic carbocycles. The molecule has 7 heteroatoms. The molecular formula is C27H30N3O3P. The van der Waals surface area contributed by atoms with Gasteiger partial charge in [0.15, 0.2) is 0 Å². The lowest BCUT2D eigenvalue weighted by atomic mass is 10.1. The molecular weight excluding hydrogens is 445 g/mol. The molecule has 0 aliphatic heterocycles. The Morgan fingerprint density at radius 2 is 1.41 bits per heavy atom. The zero-order valence-electron chi connectivity index (χ0n) is 19.5. The number of rotatable bonds is 11. The second kappa shape index (κ2) is 11.4. The highest BCUT2D eigenvalue weighted by atomic mass is 31.2. The first-order chi connectivity index (χ1) is 16.6. The van der Waals surface area contributed by atoms with Crippen molar-refractivity contribution < 1.29 is 13.6 Å². The summed E-state index contributed by atoms with van der Waals surface area (Å²) in [4.78, 5) is 0. The second-order valence-electron chi connectivity index (χ2n) is 7.72. The third kappa shape index (κ3) is 5.54. The van der Waals surface area contributed by atoms with E-state index in [1.807, 2.05) is 116 Å². The van der Waals surface area contributed by atoms with Crippen LogP contribution in [0.25, 0.3) is 16.9 Å². The average Bonchev–Trinajstić information content (AvgIpc) is 3.31. The van der Waals surface area contributed by atoms with Gasteiger partial charge in [0.1, 0.15) is 5.78 Å². The lowest BCUT2D eigenvalue weighted by Crippen LogP contribution is -2.23. The number of hydrogen-bond acceptors (Lipinski definition) is 5. The van der Waals surface area contributed by atoms with Crippen LogP contribution < -0.4 is 5.32 Å². The monoisotopic (exact) mass is 475 g/mol. The largest absolute Gasteiger partial charge is 0.352 e. The standard InChI is InChI=1S/C27H30N3O3P/c1-3-32-34(31,33-4-2)27(28-20-22-14-8-5-9-15-22)25-21-30(24-18-12-7-13-19-24)29-26(25)23-16-10-6-11-17-23/h5-19,21,27-28H,3-4,20H2,1-2H3. The van der Waals surface area contributed by atoms with Crippen LogP contribution >= 0.6 is 7.60 Å². The summed E-state index contributed by atoms with van der Waals surface area (Å²) < 4.78 is 27.6. The van der Waals surface area contributed by atoms with Crippen molar-refractivity contribution in [2.45, 2.75) is 26.2 Å². The van der Waals surface area contributed by atoms with Crippen LogP contribution in [-0.4, -0.2) is 23.0 Å². The normalized spacial score (nSPS) is 12.5. The number of aromatic nitrogens is 2. The van der Waals surface area contributed by atoms with Gasteiger partial charge in [0.25, 0.3) is 0 Å². The Balaban J connectivity index is 1.84. The molecule has 1 heterocycles. The van der Waals surface area contributed by atoms with E-state index in [-0.39, 0.29) is 13.2 Å². The van der Waals surface area contributed by atoms with E-state index in [9.17, 15) is 4.57 Å². The van der Waals surface area contributed by atoms with E-state index >= 15 is 0 Å². The van der Waals surface area contributed by atoms with E-state index in [1.54, 1.807) is 0 Å². The van der Waals surface area contributed by atoms with Crippen LogP contribution in [0.5, 0.6) is 0 Å². The zero-order chi connectivity index (χ0) is 23.8. The van der Waals surface area contributed by atoms with Crippen LogP contribution in [0.2, 0.25) is 0 Å². The van der Waals surface area contributed by atoms with Crippen molar-refractivity contribution >= 4 is 7.60 Å². The van der Waals surface area contributed by atoms with E-state index in [2.05, 4.69) is 5.32 Å². The SMILES string of the molecule is CCOP(=O)(OCC)C(NCc1ccccc1)c1cn(-c2ccccc2)nc1-c1ccccc1. The Kier molecular flexibility index (Phi) is 8.09. The Morgan fingerprint density at radius 1 is 0.853 bits per heavy atom. The van der Waals surface area contributed by atoms with E-state index in [1.165, 1.54) is 0 Å². The van der Waals surface area contributed by atoms with E-state index in [0.717, 1.165) is 28.1 Å². The van der Waals surface area contributed by atoms with Gasteiger partial charge in [-0.25, -0.2) is 4.68 Å². The van der Waals surface area contributed by atoms with Gasteiger partial charge in [0.05, 0.1) is 24.6 Å². The maximum atomic E-state index is 14.1. The Bertz CT molecular complexity index is 1200. The summed E-state index contributed by atoms with van der Waals surface area (Å²) in [7, 11) is -3.58. The minimum absolute atomic E-state index is 0.272. The minimum Gasteiger partial charge on any atom is -0.308 e. The fourth-order valence-corrected chi connectivity index (χ4v) is 5.81. The number of hydrogen-bond donors (Lipinski definition) is 1. The quantitative estimate of drug-likeness (QED) is 0.248. The van der Waals surface area contributed by atoms with Gasteiger partial charge in [-0.05, 0) is 31.5 Å². The van der Waals surface area contributed by atoms with Crippen molar-refractivity contribution in [3.05, 3.63) is 108 Å². The van der Waals surface area contributed by atoms with E-state index < -0.39 is 13.4 Å². The van der Waals surface area contributed by atoms with Crippen LogP contribution in [-0.2, 0) is 20.2 Å². The molecule has 176 valence electrons. The van der Waals surface area contributed by atoms with Gasteiger partial charge in [-0.2, -0.15) is 5.10 Å². The average molecular weight is 476 g/mol. The van der Waals surface area contributed by atoms with Gasteiger partial charge < -0.3 is 9.05 Å². The van der Waals surface area contributed by atoms with E-state index in [0.29, 0.717) is 6.54 Å². The van der Waals surface area contributed by atoms with Gasteiger partial charge in [-0.3, -0.25) is 9.88 Å². The lowest BCUT2D eigenvalue weighted by Gasteiger charge is -2.27. The van der Waals surface area contributed by atoms with Crippen LogP contribution in [0.15, 0.2) is 97.2 Å². The topological polar surface area (TPSA) is 65.4 Å². The van der Waals surface area contributed by atoms with Crippen molar-refractivity contribution in [1.29, 1.82) is 0 Å². The summed E-state index contributed by atoms with van der Waals surface area (Å²) in [5.41, 5.74) is 4.41. The van der Waals surface area contributed by atoms with Gasteiger partial charge >= 0.3 is 7.60 Å². The van der Waals surface area contributed by atoms with Crippen molar-refractivity contribution in [1.82, 2.24) is 15.1 Å². The Labute approximate surface area is 201 Å². The fraction of sp³-hybridized carbons (Fsp3) is 0.222. The molecule has 4 aromatic rings. The molecule has 1 unspecified atom stereocenters. The smallest absolute Gasteiger partial charge is 0.308 e. The van der Waals surface area contributed by atoms with Gasteiger partial charge in [0.2, 0.25) is 0 Å². The van der Waals surface area contributed by atoms with Crippen LogP contribution in [0.4, 0.5) is 0 Å². The highest BCUT2D eigenvalue weighted by Gasteiger charge is 2.39. The molecule has 0 saturated heterocycles. The summed E-state index contributed by atoms with van der Waals surface area (Å²) in [5.74, 6) is -0.708. The molecule has 0 radical (unpaired) electrons. The van der Waals surface area contributed by atoms with E-state index in [4.69, 9.17) is 14.1 Å². The first kappa shape index (κ1) is 24.1. The summed E-state index contributed by atoms with van der Waals surface area (Å²) in [6.07, 6.45) is 1.92. The zero-order valence-corrected chi connectivity index (χ0v) is 20.4. The summed E-state index contributed by atoms with van der Waals surface area (Å²) in [6.45, 7) is 4.69. The highest BCUT2D eigenvalue weighted by molar-refractivity contribution is 7.54. The van der Waals surface area contributed by atoms with Crippen molar-refractivity contribution in [3.63, 3.8) is 0 Å². The van der Waals surface area contributed by atoms with Crippen molar-refractivity contribution in [2.75, 3.05) is 13.2 Å². The third-order valence-corrected chi connectivity index (χ3v) is 7.71. The fourth-order valence-electron chi connectivity index (χ4n) is 3.87. The molecule has 3 aromatic carbocycles. The number of nitrogens with zero attached hydrogens (tertiary/aromatic N) is 2. The molecule has 0 spiro atoms. The van der Waals surface area contributed by atoms with Gasteiger partial charge in [0, 0.05) is 23.9 Å². The number of para-hydroxylation sites is 1. The van der Waals surface area contributed by atoms with Crippen LogP contribution in [0.1, 0.15) is 30.8 Å². The predicted octanol–water partition coefficient (Wildman–Crippen LogP) is 6.59. The first-order valence-corrected chi connectivity index (χ1v) is 13.1. The summed E-state index contributed by atoms with van der Waals surface area (Å²) in [6, 6.07) is 29.8. The minimum atomic E-state index is -3.58. The first-order valence-electron chi connectivity index (χ1n) is 11.5. The molecule has 1 atom stereocenters. The number of benzene rings is 3. The van der Waals surface area contributed by atoms with Crippen molar-refractivity contribution in [2.24, 2.45) is 0 Å². The summed E-state index contributed by atoms with van der Waals surface area (Å²) >= 11 is 0. The Hall–Kier alpha value is -3.02. The maximum absolute atomic E-state index is 14.1. The predicted molar refractivity (Wildman–Crippen MR) is 136 cm³/mol. The van der Waals surface area contributed by atoms with Crippen LogP contribution in [0, 0.1) is 0 Å².